The van der Waals surface area contributed by atoms with E-state index in [1.54, 1.807) is 4.90 Å². The molecule has 152 valence electrons. The second-order valence-corrected chi connectivity index (χ2v) is 8.57. The summed E-state index contributed by atoms with van der Waals surface area (Å²) in [7, 11) is 0. The fourth-order valence-corrected chi connectivity index (χ4v) is 3.49. The number of H-pyrrole nitrogens is 1. The first kappa shape index (κ1) is 20.2. The lowest BCUT2D eigenvalue weighted by molar-refractivity contribution is -0.122. The van der Waals surface area contributed by atoms with Crippen LogP contribution in [0.25, 0.3) is 11.0 Å². The monoisotopic (exact) mass is 386 g/mol. The van der Waals surface area contributed by atoms with E-state index >= 15 is 0 Å². The number of fused-ring (bicyclic) bond motifs is 1. The smallest absolute Gasteiger partial charge is 0.410 e. The van der Waals surface area contributed by atoms with Crippen LogP contribution in [0.4, 0.5) is 4.79 Å². The number of imidazole rings is 1. The van der Waals surface area contributed by atoms with Gasteiger partial charge >= 0.3 is 6.09 Å². The van der Waals surface area contributed by atoms with E-state index in [2.05, 4.69) is 22.2 Å². The summed E-state index contributed by atoms with van der Waals surface area (Å²) in [5, 5.41) is 3.12. The van der Waals surface area contributed by atoms with Gasteiger partial charge < -0.3 is 19.9 Å². The molecule has 0 radical (unpaired) electrons. The Morgan fingerprint density at radius 3 is 2.75 bits per heavy atom. The summed E-state index contributed by atoms with van der Waals surface area (Å²) in [5.74, 6) is 1.02. The average Bonchev–Trinajstić information content (AvgIpc) is 3.03. The molecule has 2 atom stereocenters. The summed E-state index contributed by atoms with van der Waals surface area (Å²) >= 11 is 0. The van der Waals surface area contributed by atoms with Crippen LogP contribution in [-0.2, 0) is 16.0 Å². The molecule has 2 amide bonds. The Bertz CT molecular complexity index is 807. The largest absolute Gasteiger partial charge is 0.444 e. The van der Waals surface area contributed by atoms with E-state index in [1.165, 1.54) is 0 Å². The predicted octanol–water partition coefficient (Wildman–Crippen LogP) is 3.26. The number of aromatic amines is 1. The quantitative estimate of drug-likeness (QED) is 0.844. The first-order valence-electron chi connectivity index (χ1n) is 9.92. The molecule has 2 heterocycles. The number of carbonyl (C=O) groups is 2. The van der Waals surface area contributed by atoms with Crippen molar-refractivity contribution in [3.8, 4) is 0 Å². The SMILES string of the molecule is C[C@H]1CN(C(=O)OC(C)(C)C)CC[C@H]1NC(=O)CCc1nc2ccccc2[nH]1. The molecule has 1 aromatic carbocycles. The maximum atomic E-state index is 12.4. The molecule has 0 unspecified atom stereocenters. The third-order valence-electron chi connectivity index (χ3n) is 4.93. The molecule has 2 N–H and O–H groups in total. The lowest BCUT2D eigenvalue weighted by Gasteiger charge is -2.37. The first-order valence-corrected chi connectivity index (χ1v) is 9.92. The Morgan fingerprint density at radius 1 is 1.32 bits per heavy atom. The van der Waals surface area contributed by atoms with E-state index in [0.717, 1.165) is 23.3 Å². The number of ether oxygens (including phenoxy) is 1. The normalized spacial score (nSPS) is 20.2. The van der Waals surface area contributed by atoms with Gasteiger partial charge in [-0.25, -0.2) is 9.78 Å². The van der Waals surface area contributed by atoms with Crippen LogP contribution in [0.15, 0.2) is 24.3 Å². The molecule has 3 rings (SSSR count). The molecular weight excluding hydrogens is 356 g/mol. The van der Waals surface area contributed by atoms with Gasteiger partial charge in [-0.1, -0.05) is 19.1 Å². The average molecular weight is 386 g/mol. The number of para-hydroxylation sites is 2. The highest BCUT2D eigenvalue weighted by Crippen LogP contribution is 2.20. The number of aryl methyl sites for hydroxylation is 1. The van der Waals surface area contributed by atoms with Crippen molar-refractivity contribution in [3.63, 3.8) is 0 Å². The molecule has 0 bridgehead atoms. The van der Waals surface area contributed by atoms with Crippen molar-refractivity contribution in [1.29, 1.82) is 0 Å². The summed E-state index contributed by atoms with van der Waals surface area (Å²) in [6.07, 6.45) is 1.41. The molecule has 7 heteroatoms. The van der Waals surface area contributed by atoms with Crippen LogP contribution in [0.5, 0.6) is 0 Å². The van der Waals surface area contributed by atoms with Crippen LogP contribution in [-0.4, -0.2) is 51.6 Å². The molecule has 1 aliphatic rings. The minimum atomic E-state index is -0.498. The number of nitrogens with zero attached hydrogens (tertiary/aromatic N) is 2. The van der Waals surface area contributed by atoms with Gasteiger partial charge in [0, 0.05) is 32.0 Å². The van der Waals surface area contributed by atoms with Gasteiger partial charge in [-0.05, 0) is 45.2 Å². The maximum absolute atomic E-state index is 12.4. The van der Waals surface area contributed by atoms with Gasteiger partial charge in [0.15, 0.2) is 0 Å². The number of piperidine rings is 1. The van der Waals surface area contributed by atoms with Gasteiger partial charge in [0.05, 0.1) is 11.0 Å². The highest BCUT2D eigenvalue weighted by molar-refractivity contribution is 5.77. The summed E-state index contributed by atoms with van der Waals surface area (Å²) in [5.41, 5.74) is 1.41. The van der Waals surface area contributed by atoms with Gasteiger partial charge in [0.1, 0.15) is 11.4 Å². The van der Waals surface area contributed by atoms with Crippen LogP contribution < -0.4 is 5.32 Å². The Hall–Kier alpha value is -2.57. The van der Waals surface area contributed by atoms with Crippen molar-refractivity contribution in [2.75, 3.05) is 13.1 Å². The minimum Gasteiger partial charge on any atom is -0.444 e. The zero-order valence-corrected chi connectivity index (χ0v) is 17.1. The number of amides is 2. The number of likely N-dealkylation sites (tertiary alicyclic amines) is 1. The Labute approximate surface area is 165 Å². The number of carbonyl (C=O) groups excluding carboxylic acids is 2. The molecule has 0 spiro atoms. The number of nitrogens with one attached hydrogen (secondary N) is 2. The number of rotatable bonds is 4. The van der Waals surface area contributed by atoms with E-state index in [4.69, 9.17) is 4.74 Å². The highest BCUT2D eigenvalue weighted by Gasteiger charge is 2.31. The Balaban J connectivity index is 1.46. The van der Waals surface area contributed by atoms with Crippen molar-refractivity contribution in [2.24, 2.45) is 5.92 Å². The second-order valence-electron chi connectivity index (χ2n) is 8.57. The predicted molar refractivity (Wildman–Crippen MR) is 108 cm³/mol. The molecule has 2 aromatic rings. The van der Waals surface area contributed by atoms with Crippen LogP contribution in [0, 0.1) is 5.92 Å². The molecule has 0 saturated carbocycles. The van der Waals surface area contributed by atoms with Gasteiger partial charge in [0.25, 0.3) is 0 Å². The van der Waals surface area contributed by atoms with Gasteiger partial charge in [-0.15, -0.1) is 0 Å². The van der Waals surface area contributed by atoms with Crippen LogP contribution in [0.2, 0.25) is 0 Å². The highest BCUT2D eigenvalue weighted by atomic mass is 16.6. The molecule has 7 nitrogen and oxygen atoms in total. The zero-order valence-electron chi connectivity index (χ0n) is 17.1. The van der Waals surface area contributed by atoms with Crippen LogP contribution in [0.3, 0.4) is 0 Å². The minimum absolute atomic E-state index is 0.0167. The van der Waals surface area contributed by atoms with E-state index < -0.39 is 5.60 Å². The molecule has 28 heavy (non-hydrogen) atoms. The number of hydrogen-bond acceptors (Lipinski definition) is 4. The van der Waals surface area contributed by atoms with Gasteiger partial charge in [-0.3, -0.25) is 4.79 Å². The van der Waals surface area contributed by atoms with Crippen molar-refractivity contribution >= 4 is 23.0 Å². The molecule has 1 saturated heterocycles. The second kappa shape index (κ2) is 8.20. The Kier molecular flexibility index (Phi) is 5.91. The fourth-order valence-electron chi connectivity index (χ4n) is 3.49. The fraction of sp³-hybridized carbons (Fsp3) is 0.571. The third kappa shape index (κ3) is 5.24. The van der Waals surface area contributed by atoms with E-state index in [-0.39, 0.29) is 24.0 Å². The lowest BCUT2D eigenvalue weighted by atomic mass is 9.94. The van der Waals surface area contributed by atoms with Gasteiger partial charge in [-0.2, -0.15) is 0 Å². The van der Waals surface area contributed by atoms with E-state index in [9.17, 15) is 9.59 Å². The molecule has 1 aliphatic heterocycles. The van der Waals surface area contributed by atoms with Crippen molar-refractivity contribution in [2.45, 2.75) is 58.6 Å². The van der Waals surface area contributed by atoms with Crippen LogP contribution in [0.1, 0.15) is 46.4 Å². The van der Waals surface area contributed by atoms with Crippen molar-refractivity contribution < 1.29 is 14.3 Å². The standard InChI is InChI=1S/C21H30N4O3/c1-14-13-25(20(27)28-21(2,3)4)12-11-15(14)24-19(26)10-9-18-22-16-7-5-6-8-17(16)23-18/h5-8,14-15H,9-13H2,1-4H3,(H,22,23)(H,24,26)/t14-,15+/m0/s1. The summed E-state index contributed by atoms with van der Waals surface area (Å²) in [6, 6.07) is 7.91. The topological polar surface area (TPSA) is 87.3 Å². The molecule has 1 fully saturated rings. The molecule has 1 aromatic heterocycles. The summed E-state index contributed by atoms with van der Waals surface area (Å²) in [6.45, 7) is 8.83. The van der Waals surface area contributed by atoms with Gasteiger partial charge in [0.2, 0.25) is 5.91 Å². The van der Waals surface area contributed by atoms with Crippen LogP contribution >= 0.6 is 0 Å². The first-order chi connectivity index (χ1) is 13.2. The third-order valence-corrected chi connectivity index (χ3v) is 4.93. The maximum Gasteiger partial charge on any atom is 0.410 e. The Morgan fingerprint density at radius 2 is 2.07 bits per heavy atom. The number of aromatic nitrogens is 2. The molecule has 0 aliphatic carbocycles. The van der Waals surface area contributed by atoms with Crippen molar-refractivity contribution in [1.82, 2.24) is 20.2 Å². The van der Waals surface area contributed by atoms with E-state index in [0.29, 0.717) is 25.9 Å². The summed E-state index contributed by atoms with van der Waals surface area (Å²) < 4.78 is 5.44. The van der Waals surface area contributed by atoms with Crippen molar-refractivity contribution in [3.05, 3.63) is 30.1 Å². The zero-order chi connectivity index (χ0) is 20.3. The number of benzene rings is 1. The van der Waals surface area contributed by atoms with E-state index in [1.807, 2.05) is 45.0 Å². The number of hydrogen-bond donors (Lipinski definition) is 2. The summed E-state index contributed by atoms with van der Waals surface area (Å²) in [4.78, 5) is 34.1. The lowest BCUT2D eigenvalue weighted by Crippen LogP contribution is -2.52. The molecular formula is C21H30N4O3.